The molecule has 0 aromatic heterocycles. The highest BCUT2D eigenvalue weighted by atomic mass is 35.5. The van der Waals surface area contributed by atoms with Crippen molar-refractivity contribution in [1.82, 2.24) is 5.32 Å². The van der Waals surface area contributed by atoms with Crippen LogP contribution >= 0.6 is 11.6 Å². The van der Waals surface area contributed by atoms with Gasteiger partial charge in [0.15, 0.2) is 0 Å². The van der Waals surface area contributed by atoms with Crippen molar-refractivity contribution in [3.05, 3.63) is 28.8 Å². The van der Waals surface area contributed by atoms with E-state index in [1.807, 2.05) is 6.07 Å². The lowest BCUT2D eigenvalue weighted by Gasteiger charge is -2.38. The van der Waals surface area contributed by atoms with Gasteiger partial charge in [-0.3, -0.25) is 4.79 Å². The van der Waals surface area contributed by atoms with Crippen LogP contribution in [0.5, 0.6) is 0 Å². The number of amides is 1. The molecule has 2 fully saturated rings. The van der Waals surface area contributed by atoms with E-state index < -0.39 is 0 Å². The van der Waals surface area contributed by atoms with Crippen molar-refractivity contribution in [2.45, 2.75) is 31.7 Å². The van der Waals surface area contributed by atoms with Crippen molar-refractivity contribution in [2.24, 2.45) is 11.7 Å². The summed E-state index contributed by atoms with van der Waals surface area (Å²) in [5, 5.41) is 4.25. The number of primary amides is 1. The fraction of sp³-hybridized carbons (Fsp3) is 0.562. The maximum atomic E-state index is 11.7. The van der Waals surface area contributed by atoms with Gasteiger partial charge in [0, 0.05) is 24.2 Å². The number of nitrogens with one attached hydrogen (secondary N) is 1. The molecule has 2 aliphatic rings. The molecule has 3 N–H and O–H groups in total. The molecule has 1 aromatic rings. The summed E-state index contributed by atoms with van der Waals surface area (Å²) >= 11 is 6.11. The molecule has 1 aromatic carbocycles. The molecule has 5 heteroatoms. The van der Waals surface area contributed by atoms with Crippen LogP contribution in [0.25, 0.3) is 0 Å². The fourth-order valence-electron chi connectivity index (χ4n) is 3.65. The van der Waals surface area contributed by atoms with E-state index in [-0.39, 0.29) is 5.91 Å². The van der Waals surface area contributed by atoms with Gasteiger partial charge in [-0.2, -0.15) is 0 Å². The summed E-state index contributed by atoms with van der Waals surface area (Å²) in [5.41, 5.74) is 6.96. The quantitative estimate of drug-likeness (QED) is 0.901. The Morgan fingerprint density at radius 3 is 2.90 bits per heavy atom. The minimum Gasteiger partial charge on any atom is -0.371 e. The Hall–Kier alpha value is -1.26. The summed E-state index contributed by atoms with van der Waals surface area (Å²) in [4.78, 5) is 13.9. The summed E-state index contributed by atoms with van der Waals surface area (Å²) < 4.78 is 0. The van der Waals surface area contributed by atoms with Crippen molar-refractivity contribution >= 4 is 23.2 Å². The van der Waals surface area contributed by atoms with Crippen LogP contribution in [-0.2, 0) is 0 Å². The van der Waals surface area contributed by atoms with Gasteiger partial charge in [-0.1, -0.05) is 11.6 Å². The number of anilines is 1. The predicted octanol–water partition coefficient (Wildman–Crippen LogP) is 2.41. The maximum Gasteiger partial charge on any atom is 0.250 e. The van der Waals surface area contributed by atoms with Gasteiger partial charge in [-0.15, -0.1) is 0 Å². The zero-order valence-electron chi connectivity index (χ0n) is 12.1. The number of nitrogens with zero attached hydrogens (tertiary/aromatic N) is 1. The molecule has 2 unspecified atom stereocenters. The second-order valence-corrected chi connectivity index (χ2v) is 6.51. The van der Waals surface area contributed by atoms with E-state index in [2.05, 4.69) is 10.2 Å². The molecule has 2 atom stereocenters. The number of rotatable bonds is 3. The molecule has 114 valence electrons. The number of hydrogen-bond acceptors (Lipinski definition) is 3. The second-order valence-electron chi connectivity index (χ2n) is 6.08. The monoisotopic (exact) mass is 307 g/mol. The van der Waals surface area contributed by atoms with Gasteiger partial charge < -0.3 is 16.0 Å². The van der Waals surface area contributed by atoms with Crippen LogP contribution in [0.3, 0.4) is 0 Å². The second kappa shape index (κ2) is 6.24. The number of carbonyl (C=O) groups excluding carboxylic acids is 1. The van der Waals surface area contributed by atoms with Crippen molar-refractivity contribution in [2.75, 3.05) is 24.5 Å². The first-order valence-corrected chi connectivity index (χ1v) is 8.10. The van der Waals surface area contributed by atoms with E-state index >= 15 is 0 Å². The maximum absolute atomic E-state index is 11.7. The molecule has 0 aliphatic carbocycles. The molecule has 0 spiro atoms. The summed E-state index contributed by atoms with van der Waals surface area (Å²) in [6.07, 6.45) is 4.93. The van der Waals surface area contributed by atoms with Gasteiger partial charge >= 0.3 is 0 Å². The molecule has 2 aliphatic heterocycles. The number of carbonyl (C=O) groups is 1. The lowest BCUT2D eigenvalue weighted by atomic mass is 9.89. The lowest BCUT2D eigenvalue weighted by molar-refractivity contribution is 0.100. The first-order chi connectivity index (χ1) is 10.1. The molecule has 1 amide bonds. The highest BCUT2D eigenvalue weighted by Crippen LogP contribution is 2.31. The van der Waals surface area contributed by atoms with Crippen molar-refractivity contribution in [3.8, 4) is 0 Å². The van der Waals surface area contributed by atoms with Crippen LogP contribution < -0.4 is 16.0 Å². The average Bonchev–Trinajstić information content (AvgIpc) is 3.01. The van der Waals surface area contributed by atoms with Crippen LogP contribution in [0, 0.1) is 5.92 Å². The molecule has 2 heterocycles. The molecular formula is C16H22ClN3O. The SMILES string of the molecule is NC(=O)c1ccc(Cl)cc1N1CCCC(C2CCCN2)C1. The molecule has 0 bridgehead atoms. The predicted molar refractivity (Wildman–Crippen MR) is 85.9 cm³/mol. The smallest absolute Gasteiger partial charge is 0.250 e. The Morgan fingerprint density at radius 1 is 1.33 bits per heavy atom. The largest absolute Gasteiger partial charge is 0.371 e. The Morgan fingerprint density at radius 2 is 2.19 bits per heavy atom. The highest BCUT2D eigenvalue weighted by molar-refractivity contribution is 6.31. The molecule has 4 nitrogen and oxygen atoms in total. The highest BCUT2D eigenvalue weighted by Gasteiger charge is 2.30. The first kappa shape index (κ1) is 14.7. The zero-order chi connectivity index (χ0) is 14.8. The summed E-state index contributed by atoms with van der Waals surface area (Å²) in [5.74, 6) is 0.253. The topological polar surface area (TPSA) is 58.4 Å². The average molecular weight is 308 g/mol. The van der Waals surface area contributed by atoms with Crippen molar-refractivity contribution < 1.29 is 4.79 Å². The number of benzene rings is 1. The van der Waals surface area contributed by atoms with Gasteiger partial charge in [-0.25, -0.2) is 0 Å². The van der Waals surface area contributed by atoms with E-state index in [1.54, 1.807) is 12.1 Å². The number of halogens is 1. The van der Waals surface area contributed by atoms with Crippen LogP contribution in [0.4, 0.5) is 5.69 Å². The number of hydrogen-bond donors (Lipinski definition) is 2. The zero-order valence-corrected chi connectivity index (χ0v) is 12.9. The van der Waals surface area contributed by atoms with Crippen LogP contribution in [0.2, 0.25) is 5.02 Å². The lowest BCUT2D eigenvalue weighted by Crippen LogP contribution is -2.44. The van der Waals surface area contributed by atoms with Gasteiger partial charge in [0.2, 0.25) is 0 Å². The third-order valence-electron chi connectivity index (χ3n) is 4.69. The van der Waals surface area contributed by atoms with Crippen molar-refractivity contribution in [3.63, 3.8) is 0 Å². The Kier molecular flexibility index (Phi) is 4.36. The van der Waals surface area contributed by atoms with E-state index in [0.717, 1.165) is 31.7 Å². The van der Waals surface area contributed by atoms with E-state index in [1.165, 1.54) is 19.3 Å². The minimum atomic E-state index is -0.386. The van der Waals surface area contributed by atoms with Gasteiger partial charge in [0.25, 0.3) is 5.91 Å². The van der Waals surface area contributed by atoms with Gasteiger partial charge in [-0.05, 0) is 56.3 Å². The minimum absolute atomic E-state index is 0.386. The number of piperidine rings is 1. The Labute approximate surface area is 130 Å². The third-order valence-corrected chi connectivity index (χ3v) is 4.93. The standard InChI is InChI=1S/C16H22ClN3O/c17-12-5-6-13(16(18)21)15(9-12)20-8-2-3-11(10-20)14-4-1-7-19-14/h5-6,9,11,14,19H,1-4,7-8,10H2,(H2,18,21). The molecule has 2 saturated heterocycles. The van der Waals surface area contributed by atoms with Crippen LogP contribution in [0.15, 0.2) is 18.2 Å². The first-order valence-electron chi connectivity index (χ1n) is 7.73. The molecule has 21 heavy (non-hydrogen) atoms. The fourth-order valence-corrected chi connectivity index (χ4v) is 3.81. The molecule has 0 radical (unpaired) electrons. The molecule has 0 saturated carbocycles. The van der Waals surface area contributed by atoms with E-state index in [0.29, 0.717) is 22.5 Å². The normalized spacial score (nSPS) is 26.0. The van der Waals surface area contributed by atoms with E-state index in [4.69, 9.17) is 17.3 Å². The number of nitrogens with two attached hydrogens (primary N) is 1. The summed E-state index contributed by atoms with van der Waals surface area (Å²) in [7, 11) is 0. The Balaban J connectivity index is 1.82. The summed E-state index contributed by atoms with van der Waals surface area (Å²) in [6.45, 7) is 3.06. The third kappa shape index (κ3) is 3.16. The Bertz CT molecular complexity index is 528. The summed E-state index contributed by atoms with van der Waals surface area (Å²) in [6, 6.07) is 5.94. The van der Waals surface area contributed by atoms with Crippen LogP contribution in [0.1, 0.15) is 36.0 Å². The molecular weight excluding hydrogens is 286 g/mol. The van der Waals surface area contributed by atoms with Gasteiger partial charge in [0.1, 0.15) is 0 Å². The van der Waals surface area contributed by atoms with E-state index in [9.17, 15) is 4.79 Å². The van der Waals surface area contributed by atoms with Crippen molar-refractivity contribution in [1.29, 1.82) is 0 Å². The van der Waals surface area contributed by atoms with Crippen LogP contribution in [-0.4, -0.2) is 31.6 Å². The van der Waals surface area contributed by atoms with Gasteiger partial charge in [0.05, 0.1) is 11.3 Å². The molecule has 3 rings (SSSR count).